The van der Waals surface area contributed by atoms with E-state index in [0.29, 0.717) is 17.0 Å². The quantitative estimate of drug-likeness (QED) is 0.749. The molecule has 3 aromatic rings. The normalized spacial score (nSPS) is 11.6. The zero-order valence-electron chi connectivity index (χ0n) is 11.8. The highest BCUT2D eigenvalue weighted by molar-refractivity contribution is 7.92. The zero-order valence-corrected chi connectivity index (χ0v) is 13.4. The number of ether oxygens (including phenoxy) is 1. The van der Waals surface area contributed by atoms with E-state index in [-0.39, 0.29) is 15.5 Å². The summed E-state index contributed by atoms with van der Waals surface area (Å²) >= 11 is 6.01. The third-order valence-electron chi connectivity index (χ3n) is 3.08. The van der Waals surface area contributed by atoms with Gasteiger partial charge >= 0.3 is 5.76 Å². The van der Waals surface area contributed by atoms with Crippen LogP contribution in [0.5, 0.6) is 5.75 Å². The van der Waals surface area contributed by atoms with E-state index in [9.17, 15) is 13.2 Å². The molecular weight excluding hydrogens is 344 g/mol. The van der Waals surface area contributed by atoms with Crippen LogP contribution in [-0.4, -0.2) is 20.5 Å². The van der Waals surface area contributed by atoms with Crippen LogP contribution in [0, 0.1) is 0 Å². The van der Waals surface area contributed by atoms with E-state index in [4.69, 9.17) is 20.8 Å². The Morgan fingerprint density at radius 1 is 1.26 bits per heavy atom. The van der Waals surface area contributed by atoms with Gasteiger partial charge in [0.15, 0.2) is 5.58 Å². The van der Waals surface area contributed by atoms with Crippen LogP contribution in [0.25, 0.3) is 11.1 Å². The molecule has 0 saturated heterocycles. The Hall–Kier alpha value is -2.45. The van der Waals surface area contributed by atoms with Crippen molar-refractivity contribution in [3.63, 3.8) is 0 Å². The van der Waals surface area contributed by atoms with Gasteiger partial charge in [0.05, 0.1) is 23.3 Å². The van der Waals surface area contributed by atoms with Crippen molar-refractivity contribution < 1.29 is 17.6 Å². The number of fused-ring (bicyclic) bond motifs is 1. The first-order valence-electron chi connectivity index (χ1n) is 6.38. The van der Waals surface area contributed by atoms with Gasteiger partial charge in [0.1, 0.15) is 10.6 Å². The SMILES string of the molecule is COc1cccc(NS(=O)(=O)c2cc3oc(=O)[nH]c3cc2Cl)c1. The zero-order chi connectivity index (χ0) is 16.6. The Kier molecular flexibility index (Phi) is 3.78. The van der Waals surface area contributed by atoms with Gasteiger partial charge in [0, 0.05) is 12.1 Å². The molecular formula is C14H11ClN2O5S. The number of benzene rings is 2. The Labute approximate surface area is 135 Å². The summed E-state index contributed by atoms with van der Waals surface area (Å²) in [4.78, 5) is 13.4. The lowest BCUT2D eigenvalue weighted by molar-refractivity contribution is 0.415. The molecule has 3 rings (SSSR count). The summed E-state index contributed by atoms with van der Waals surface area (Å²) in [5, 5.41) is -0.0371. The predicted octanol–water partition coefficient (Wildman–Crippen LogP) is 2.58. The number of nitrogens with one attached hydrogen (secondary N) is 2. The molecule has 0 spiro atoms. The molecule has 0 bridgehead atoms. The highest BCUT2D eigenvalue weighted by atomic mass is 35.5. The summed E-state index contributed by atoms with van der Waals surface area (Å²) in [6.07, 6.45) is 0. The third-order valence-corrected chi connectivity index (χ3v) is 4.93. The molecule has 0 unspecified atom stereocenters. The van der Waals surface area contributed by atoms with Crippen LogP contribution in [0.1, 0.15) is 0 Å². The first-order valence-corrected chi connectivity index (χ1v) is 8.24. The Morgan fingerprint density at radius 3 is 2.78 bits per heavy atom. The topological polar surface area (TPSA) is 101 Å². The van der Waals surface area contributed by atoms with Gasteiger partial charge in [0.2, 0.25) is 0 Å². The smallest absolute Gasteiger partial charge is 0.417 e. The van der Waals surface area contributed by atoms with Crippen LogP contribution < -0.4 is 15.2 Å². The number of oxazole rings is 1. The molecule has 1 heterocycles. The number of hydrogen-bond acceptors (Lipinski definition) is 5. The molecule has 23 heavy (non-hydrogen) atoms. The first-order chi connectivity index (χ1) is 10.9. The maximum atomic E-state index is 12.5. The van der Waals surface area contributed by atoms with Gasteiger partial charge < -0.3 is 9.15 Å². The monoisotopic (exact) mass is 354 g/mol. The molecule has 0 aliphatic rings. The molecule has 0 aliphatic heterocycles. The molecule has 7 nitrogen and oxygen atoms in total. The fraction of sp³-hybridized carbons (Fsp3) is 0.0714. The Bertz CT molecular complexity index is 1040. The summed E-state index contributed by atoms with van der Waals surface area (Å²) in [7, 11) is -2.49. The van der Waals surface area contributed by atoms with Gasteiger partial charge in [-0.3, -0.25) is 9.71 Å². The summed E-state index contributed by atoms with van der Waals surface area (Å²) in [5.41, 5.74) is 0.738. The number of methoxy groups -OCH3 is 1. The van der Waals surface area contributed by atoms with Gasteiger partial charge in [-0.1, -0.05) is 17.7 Å². The highest BCUT2D eigenvalue weighted by Crippen LogP contribution is 2.28. The minimum absolute atomic E-state index is 0.0371. The average Bonchev–Trinajstić information content (AvgIpc) is 2.85. The van der Waals surface area contributed by atoms with Crippen molar-refractivity contribution in [3.8, 4) is 5.75 Å². The fourth-order valence-electron chi connectivity index (χ4n) is 2.05. The minimum atomic E-state index is -3.96. The Morgan fingerprint density at radius 2 is 2.04 bits per heavy atom. The summed E-state index contributed by atoms with van der Waals surface area (Å²) < 4.78 is 37.3. The van der Waals surface area contributed by atoms with Crippen molar-refractivity contribution in [3.05, 3.63) is 52.0 Å². The molecule has 0 atom stereocenters. The Balaban J connectivity index is 2.04. The van der Waals surface area contributed by atoms with Crippen molar-refractivity contribution in [2.45, 2.75) is 4.90 Å². The second-order valence-corrected chi connectivity index (χ2v) is 6.69. The molecule has 9 heteroatoms. The molecule has 0 aliphatic carbocycles. The van der Waals surface area contributed by atoms with E-state index >= 15 is 0 Å². The molecule has 0 radical (unpaired) electrons. The lowest BCUT2D eigenvalue weighted by atomic mass is 10.3. The number of anilines is 1. The lowest BCUT2D eigenvalue weighted by Gasteiger charge is -2.10. The highest BCUT2D eigenvalue weighted by Gasteiger charge is 2.20. The number of H-pyrrole nitrogens is 1. The van der Waals surface area contributed by atoms with Gasteiger partial charge in [0.25, 0.3) is 10.0 Å². The van der Waals surface area contributed by atoms with E-state index in [0.717, 1.165) is 0 Å². The molecule has 120 valence electrons. The largest absolute Gasteiger partial charge is 0.497 e. The van der Waals surface area contributed by atoms with Gasteiger partial charge in [-0.05, 0) is 18.2 Å². The average molecular weight is 355 g/mol. The number of halogens is 1. The number of aromatic amines is 1. The van der Waals surface area contributed by atoms with Crippen LogP contribution in [0.3, 0.4) is 0 Å². The summed E-state index contributed by atoms with van der Waals surface area (Å²) in [6.45, 7) is 0. The van der Waals surface area contributed by atoms with E-state index in [1.54, 1.807) is 18.2 Å². The minimum Gasteiger partial charge on any atom is -0.497 e. The van der Waals surface area contributed by atoms with Crippen LogP contribution in [0.15, 0.2) is 50.5 Å². The van der Waals surface area contributed by atoms with Crippen LogP contribution >= 0.6 is 11.6 Å². The van der Waals surface area contributed by atoms with E-state index < -0.39 is 15.8 Å². The molecule has 0 fully saturated rings. The number of aromatic nitrogens is 1. The van der Waals surface area contributed by atoms with Crippen molar-refractivity contribution in [2.75, 3.05) is 11.8 Å². The fourth-order valence-corrected chi connectivity index (χ4v) is 3.65. The van der Waals surface area contributed by atoms with Gasteiger partial charge in [-0.25, -0.2) is 13.2 Å². The molecule has 0 saturated carbocycles. The van der Waals surface area contributed by atoms with Crippen molar-refractivity contribution in [1.29, 1.82) is 0 Å². The standard InChI is InChI=1S/C14H11ClN2O5S/c1-21-9-4-2-3-8(5-9)17-23(19,20)13-7-12-11(6-10(13)15)16-14(18)22-12/h2-7,17H,1H3,(H,16,18). The lowest BCUT2D eigenvalue weighted by Crippen LogP contribution is -2.13. The molecule has 0 amide bonds. The van der Waals surface area contributed by atoms with Crippen molar-refractivity contribution in [2.24, 2.45) is 0 Å². The van der Waals surface area contributed by atoms with E-state index in [1.807, 2.05) is 0 Å². The summed E-state index contributed by atoms with van der Waals surface area (Å²) in [5.74, 6) is -0.185. The second kappa shape index (κ2) is 5.64. The molecule has 1 aromatic heterocycles. The molecule has 2 aromatic carbocycles. The number of sulfonamides is 1. The first kappa shape index (κ1) is 15.4. The summed E-state index contributed by atoms with van der Waals surface area (Å²) in [6, 6.07) is 8.95. The number of rotatable bonds is 4. The maximum absolute atomic E-state index is 12.5. The van der Waals surface area contributed by atoms with Crippen molar-refractivity contribution >= 4 is 38.4 Å². The predicted molar refractivity (Wildman–Crippen MR) is 85.6 cm³/mol. The van der Waals surface area contributed by atoms with Crippen LogP contribution in [0.4, 0.5) is 5.69 Å². The third kappa shape index (κ3) is 3.03. The number of hydrogen-bond donors (Lipinski definition) is 2. The maximum Gasteiger partial charge on any atom is 0.417 e. The van der Waals surface area contributed by atoms with E-state index in [2.05, 4.69) is 9.71 Å². The van der Waals surface area contributed by atoms with Crippen molar-refractivity contribution in [1.82, 2.24) is 4.98 Å². The van der Waals surface area contributed by atoms with Gasteiger partial charge in [-0.15, -0.1) is 0 Å². The van der Waals surface area contributed by atoms with Crippen LogP contribution in [0.2, 0.25) is 5.02 Å². The van der Waals surface area contributed by atoms with Crippen LogP contribution in [-0.2, 0) is 10.0 Å². The van der Waals surface area contributed by atoms with Gasteiger partial charge in [-0.2, -0.15) is 0 Å². The second-order valence-electron chi connectivity index (χ2n) is 4.63. The molecule has 2 N–H and O–H groups in total. The van der Waals surface area contributed by atoms with E-state index in [1.165, 1.54) is 25.3 Å².